The van der Waals surface area contributed by atoms with Crippen LogP contribution in [0.4, 0.5) is 0 Å². The van der Waals surface area contributed by atoms with E-state index < -0.39 is 0 Å². The molecule has 3 aromatic heterocycles. The molecule has 18 heavy (non-hydrogen) atoms. The highest BCUT2D eigenvalue weighted by Gasteiger charge is 2.00. The standard InChI is InChI=1S/C6H4N6.C5H5N/c1-7-2-10-5(9-1)6-11-3-8-4-12-6;1-2-4-6-5-3-1/h1-4H;1-5H. The van der Waals surface area contributed by atoms with Crippen LogP contribution >= 0.6 is 0 Å². The summed E-state index contributed by atoms with van der Waals surface area (Å²) in [5.41, 5.74) is 0. The van der Waals surface area contributed by atoms with Gasteiger partial charge in [0.25, 0.3) is 0 Å². The molecular weight excluding hydrogens is 230 g/mol. The quantitative estimate of drug-likeness (QED) is 0.620. The van der Waals surface area contributed by atoms with E-state index in [4.69, 9.17) is 0 Å². The highest BCUT2D eigenvalue weighted by Crippen LogP contribution is 2.01. The summed E-state index contributed by atoms with van der Waals surface area (Å²) in [5.74, 6) is 0.903. The van der Waals surface area contributed by atoms with Crippen LogP contribution in [0, 0.1) is 0 Å². The lowest BCUT2D eigenvalue weighted by molar-refractivity contribution is 0.985. The van der Waals surface area contributed by atoms with Crippen LogP contribution in [-0.2, 0) is 0 Å². The lowest BCUT2D eigenvalue weighted by Crippen LogP contribution is -1.94. The molecule has 0 saturated carbocycles. The summed E-state index contributed by atoms with van der Waals surface area (Å²) in [6, 6.07) is 5.72. The molecule has 0 aromatic carbocycles. The summed E-state index contributed by atoms with van der Waals surface area (Å²) in [7, 11) is 0. The average molecular weight is 239 g/mol. The summed E-state index contributed by atoms with van der Waals surface area (Å²) in [6.45, 7) is 0. The van der Waals surface area contributed by atoms with Crippen molar-refractivity contribution in [3.8, 4) is 11.6 Å². The van der Waals surface area contributed by atoms with Gasteiger partial charge in [0, 0.05) is 12.4 Å². The first-order valence-corrected chi connectivity index (χ1v) is 5.06. The molecule has 0 aliphatic heterocycles. The van der Waals surface area contributed by atoms with Gasteiger partial charge in [-0.2, -0.15) is 0 Å². The molecule has 0 aliphatic carbocycles. The fourth-order valence-electron chi connectivity index (χ4n) is 1.02. The summed E-state index contributed by atoms with van der Waals surface area (Å²) >= 11 is 0. The number of nitrogens with zero attached hydrogens (tertiary/aromatic N) is 7. The van der Waals surface area contributed by atoms with Crippen molar-refractivity contribution in [2.75, 3.05) is 0 Å². The minimum atomic E-state index is 0.451. The fourth-order valence-corrected chi connectivity index (χ4v) is 1.02. The summed E-state index contributed by atoms with van der Waals surface area (Å²) in [6.07, 6.45) is 9.08. The lowest BCUT2D eigenvalue weighted by Gasteiger charge is -1.92. The zero-order valence-electron chi connectivity index (χ0n) is 9.33. The summed E-state index contributed by atoms with van der Waals surface area (Å²) in [5, 5.41) is 0. The van der Waals surface area contributed by atoms with Gasteiger partial charge in [-0.05, 0) is 12.1 Å². The topological polar surface area (TPSA) is 90.2 Å². The minimum Gasteiger partial charge on any atom is -0.265 e. The summed E-state index contributed by atoms with van der Waals surface area (Å²) in [4.78, 5) is 26.6. The van der Waals surface area contributed by atoms with E-state index in [9.17, 15) is 0 Å². The monoisotopic (exact) mass is 239 g/mol. The van der Waals surface area contributed by atoms with Gasteiger partial charge >= 0.3 is 0 Å². The molecule has 0 saturated heterocycles. The molecule has 0 spiro atoms. The van der Waals surface area contributed by atoms with E-state index in [1.807, 2.05) is 18.2 Å². The van der Waals surface area contributed by atoms with Crippen molar-refractivity contribution in [2.24, 2.45) is 0 Å². The highest BCUT2D eigenvalue weighted by molar-refractivity contribution is 5.39. The Morgan fingerprint density at radius 2 is 0.944 bits per heavy atom. The third-order valence-corrected chi connectivity index (χ3v) is 1.75. The molecule has 0 fully saturated rings. The molecule has 0 N–H and O–H groups in total. The van der Waals surface area contributed by atoms with E-state index in [1.165, 1.54) is 25.3 Å². The Morgan fingerprint density at radius 3 is 1.22 bits per heavy atom. The van der Waals surface area contributed by atoms with Crippen LogP contribution in [-0.4, -0.2) is 34.9 Å². The molecule has 3 rings (SSSR count). The number of hydrogen-bond donors (Lipinski definition) is 0. The molecule has 0 aliphatic rings. The molecule has 88 valence electrons. The van der Waals surface area contributed by atoms with Gasteiger partial charge in [0.15, 0.2) is 0 Å². The van der Waals surface area contributed by atoms with Crippen molar-refractivity contribution in [1.29, 1.82) is 0 Å². The molecule has 0 bridgehead atoms. The van der Waals surface area contributed by atoms with E-state index in [1.54, 1.807) is 12.4 Å². The van der Waals surface area contributed by atoms with Crippen LogP contribution in [0.25, 0.3) is 11.6 Å². The van der Waals surface area contributed by atoms with Crippen LogP contribution in [0.15, 0.2) is 55.9 Å². The van der Waals surface area contributed by atoms with Crippen molar-refractivity contribution >= 4 is 0 Å². The first kappa shape index (κ1) is 11.6. The molecule has 3 aromatic rings. The molecular formula is C11H9N7. The van der Waals surface area contributed by atoms with Crippen molar-refractivity contribution in [3.05, 3.63) is 55.9 Å². The lowest BCUT2D eigenvalue weighted by atomic mass is 10.5. The van der Waals surface area contributed by atoms with Crippen LogP contribution in [0.3, 0.4) is 0 Å². The van der Waals surface area contributed by atoms with Gasteiger partial charge in [0.2, 0.25) is 11.6 Å². The van der Waals surface area contributed by atoms with Gasteiger partial charge in [-0.15, -0.1) is 0 Å². The smallest absolute Gasteiger partial charge is 0.200 e. The maximum Gasteiger partial charge on any atom is 0.200 e. The summed E-state index contributed by atoms with van der Waals surface area (Å²) < 4.78 is 0. The van der Waals surface area contributed by atoms with E-state index >= 15 is 0 Å². The van der Waals surface area contributed by atoms with Crippen molar-refractivity contribution in [1.82, 2.24) is 34.9 Å². The second kappa shape index (κ2) is 6.69. The second-order valence-corrected chi connectivity index (χ2v) is 2.95. The van der Waals surface area contributed by atoms with E-state index in [-0.39, 0.29) is 0 Å². The molecule has 3 heterocycles. The fraction of sp³-hybridized carbons (Fsp3) is 0. The Bertz CT molecular complexity index is 480. The van der Waals surface area contributed by atoms with Crippen LogP contribution in [0.2, 0.25) is 0 Å². The normalized spacial score (nSPS) is 9.11. The first-order chi connectivity index (χ1) is 8.97. The molecule has 7 nitrogen and oxygen atoms in total. The zero-order valence-corrected chi connectivity index (χ0v) is 9.33. The minimum absolute atomic E-state index is 0.451. The van der Waals surface area contributed by atoms with Crippen LogP contribution in [0.1, 0.15) is 0 Å². The molecule has 0 unspecified atom stereocenters. The van der Waals surface area contributed by atoms with E-state index in [0.717, 1.165) is 0 Å². The second-order valence-electron chi connectivity index (χ2n) is 2.95. The number of hydrogen-bond acceptors (Lipinski definition) is 7. The average Bonchev–Trinajstić information content (AvgIpc) is 2.51. The highest BCUT2D eigenvalue weighted by atomic mass is 15.1. The largest absolute Gasteiger partial charge is 0.265 e. The SMILES string of the molecule is c1ccncc1.c1ncnc(-c2ncncn2)n1. The van der Waals surface area contributed by atoms with E-state index in [2.05, 4.69) is 34.9 Å². The molecule has 0 radical (unpaired) electrons. The van der Waals surface area contributed by atoms with E-state index in [0.29, 0.717) is 11.6 Å². The molecule has 7 heteroatoms. The Balaban J connectivity index is 0.000000169. The first-order valence-electron chi connectivity index (χ1n) is 5.06. The van der Waals surface area contributed by atoms with Crippen LogP contribution in [0.5, 0.6) is 0 Å². The van der Waals surface area contributed by atoms with Crippen molar-refractivity contribution < 1.29 is 0 Å². The van der Waals surface area contributed by atoms with Gasteiger partial charge in [-0.1, -0.05) is 6.07 Å². The number of aromatic nitrogens is 7. The third-order valence-electron chi connectivity index (χ3n) is 1.75. The Labute approximate surface area is 103 Å². The van der Waals surface area contributed by atoms with Gasteiger partial charge in [-0.25, -0.2) is 29.9 Å². The number of pyridine rings is 1. The van der Waals surface area contributed by atoms with Gasteiger partial charge < -0.3 is 0 Å². The predicted octanol–water partition coefficient (Wildman–Crippen LogP) is 0.805. The maximum absolute atomic E-state index is 3.87. The van der Waals surface area contributed by atoms with Crippen LogP contribution < -0.4 is 0 Å². The zero-order chi connectivity index (χ0) is 12.5. The Morgan fingerprint density at radius 1 is 0.500 bits per heavy atom. The van der Waals surface area contributed by atoms with Gasteiger partial charge in [-0.3, -0.25) is 4.98 Å². The molecule has 0 amide bonds. The predicted molar refractivity (Wildman–Crippen MR) is 62.9 cm³/mol. The number of rotatable bonds is 1. The maximum atomic E-state index is 3.87. The van der Waals surface area contributed by atoms with Gasteiger partial charge in [0.05, 0.1) is 0 Å². The van der Waals surface area contributed by atoms with Crippen molar-refractivity contribution in [2.45, 2.75) is 0 Å². The van der Waals surface area contributed by atoms with Crippen molar-refractivity contribution in [3.63, 3.8) is 0 Å². The Hall–Kier alpha value is -2.83. The molecule has 0 atom stereocenters. The van der Waals surface area contributed by atoms with Gasteiger partial charge in [0.1, 0.15) is 25.3 Å². The third kappa shape index (κ3) is 3.63. The Kier molecular flexibility index (Phi) is 4.33.